The summed E-state index contributed by atoms with van der Waals surface area (Å²) in [4.78, 5) is 25.8. The maximum absolute atomic E-state index is 12.9. The molecule has 1 aliphatic heterocycles. The molecule has 4 heteroatoms. The molecule has 4 nitrogen and oxygen atoms in total. The maximum Gasteiger partial charge on any atom is 0.272 e. The van der Waals surface area contributed by atoms with E-state index in [0.29, 0.717) is 11.1 Å². The topological polar surface area (TPSA) is 40.6 Å². The van der Waals surface area contributed by atoms with Crippen molar-refractivity contribution in [2.24, 2.45) is 0 Å². The van der Waals surface area contributed by atoms with Crippen molar-refractivity contribution >= 4 is 11.8 Å². The van der Waals surface area contributed by atoms with Crippen LogP contribution in [-0.4, -0.2) is 33.9 Å². The smallest absolute Gasteiger partial charge is 0.267 e. The third-order valence-electron chi connectivity index (χ3n) is 4.76. The lowest BCUT2D eigenvalue weighted by molar-refractivity contribution is -0.0188. The van der Waals surface area contributed by atoms with Gasteiger partial charge in [-0.05, 0) is 43.5 Å². The Bertz CT molecular complexity index is 666. The number of carbonyl (C=O) groups is 2. The lowest BCUT2D eigenvalue weighted by Crippen LogP contribution is -2.53. The number of fused-ring (bicyclic) bond motifs is 2. The van der Waals surface area contributed by atoms with Crippen LogP contribution in [0.25, 0.3) is 0 Å². The van der Waals surface area contributed by atoms with Crippen LogP contribution in [0.15, 0.2) is 60.7 Å². The minimum Gasteiger partial charge on any atom is -0.267 e. The first kappa shape index (κ1) is 14.0. The number of carbonyl (C=O) groups excluding carboxylic acids is 2. The molecule has 2 aliphatic rings. The van der Waals surface area contributed by atoms with Gasteiger partial charge in [-0.15, -0.1) is 0 Å². The van der Waals surface area contributed by atoms with E-state index in [2.05, 4.69) is 0 Å². The van der Waals surface area contributed by atoms with E-state index in [1.165, 1.54) is 0 Å². The number of hydrogen-bond donors (Lipinski definition) is 0. The molecule has 0 radical (unpaired) electrons. The average molecular weight is 306 g/mol. The first-order valence-corrected chi connectivity index (χ1v) is 8.03. The Labute approximate surface area is 135 Å². The van der Waals surface area contributed by atoms with Gasteiger partial charge in [0.25, 0.3) is 11.8 Å². The third kappa shape index (κ3) is 2.31. The van der Waals surface area contributed by atoms with Crippen molar-refractivity contribution in [2.75, 3.05) is 0 Å². The number of hydrazine groups is 1. The molecule has 116 valence electrons. The molecule has 0 N–H and O–H groups in total. The molecule has 2 amide bonds. The van der Waals surface area contributed by atoms with E-state index in [1.54, 1.807) is 34.3 Å². The minimum absolute atomic E-state index is 0.0814. The Kier molecular flexibility index (Phi) is 3.37. The molecule has 2 aromatic carbocycles. The molecule has 0 aromatic heterocycles. The third-order valence-corrected chi connectivity index (χ3v) is 4.76. The molecule has 2 fully saturated rings. The summed E-state index contributed by atoms with van der Waals surface area (Å²) in [5.74, 6) is -0.163. The van der Waals surface area contributed by atoms with Gasteiger partial charge in [-0.1, -0.05) is 36.4 Å². The molecule has 1 aliphatic carbocycles. The largest absolute Gasteiger partial charge is 0.272 e. The van der Waals surface area contributed by atoms with Gasteiger partial charge >= 0.3 is 0 Å². The van der Waals surface area contributed by atoms with Crippen LogP contribution in [0.5, 0.6) is 0 Å². The van der Waals surface area contributed by atoms with E-state index >= 15 is 0 Å². The normalized spacial score (nSPS) is 22.4. The number of nitrogens with zero attached hydrogens (tertiary/aromatic N) is 2. The van der Waals surface area contributed by atoms with Crippen LogP contribution < -0.4 is 0 Å². The van der Waals surface area contributed by atoms with Crippen molar-refractivity contribution in [1.82, 2.24) is 10.0 Å². The molecule has 4 rings (SSSR count). The van der Waals surface area contributed by atoms with Crippen LogP contribution in [0, 0.1) is 0 Å². The van der Waals surface area contributed by atoms with Gasteiger partial charge in [0.15, 0.2) is 0 Å². The molecule has 23 heavy (non-hydrogen) atoms. The van der Waals surface area contributed by atoms with Crippen molar-refractivity contribution < 1.29 is 9.59 Å². The molecular formula is C19H18N2O2. The fraction of sp³-hybridized carbons (Fsp3) is 0.263. The maximum atomic E-state index is 12.9. The number of amides is 2. The average Bonchev–Trinajstić information content (AvgIpc) is 3.23. The predicted octanol–water partition coefficient (Wildman–Crippen LogP) is 3.12. The zero-order valence-electron chi connectivity index (χ0n) is 12.8. The Hall–Kier alpha value is -2.62. The quantitative estimate of drug-likeness (QED) is 0.855. The summed E-state index contributed by atoms with van der Waals surface area (Å²) in [6.07, 6.45) is 2.83. The summed E-state index contributed by atoms with van der Waals surface area (Å²) in [6.45, 7) is 0. The van der Waals surface area contributed by atoms with Crippen molar-refractivity contribution in [3.05, 3.63) is 71.8 Å². The lowest BCUT2D eigenvalue weighted by Gasteiger charge is -2.38. The van der Waals surface area contributed by atoms with E-state index in [-0.39, 0.29) is 23.9 Å². The zero-order chi connectivity index (χ0) is 15.8. The molecule has 1 saturated carbocycles. The monoisotopic (exact) mass is 306 g/mol. The highest BCUT2D eigenvalue weighted by atomic mass is 16.2. The summed E-state index contributed by atoms with van der Waals surface area (Å²) in [5.41, 5.74) is 1.26. The molecule has 2 aromatic rings. The van der Waals surface area contributed by atoms with Crippen molar-refractivity contribution in [3.63, 3.8) is 0 Å². The van der Waals surface area contributed by atoms with Gasteiger partial charge in [-0.2, -0.15) is 0 Å². The van der Waals surface area contributed by atoms with E-state index < -0.39 is 0 Å². The molecule has 0 spiro atoms. The SMILES string of the molecule is O=C(c1ccccc1)N1[C@H]2CC[C@@H](C2)N1C(=O)c1ccccc1. The molecule has 1 saturated heterocycles. The summed E-state index contributed by atoms with van der Waals surface area (Å²) in [7, 11) is 0. The van der Waals surface area contributed by atoms with Gasteiger partial charge in [0.1, 0.15) is 0 Å². The number of hydrogen-bond acceptors (Lipinski definition) is 2. The van der Waals surface area contributed by atoms with Crippen molar-refractivity contribution in [2.45, 2.75) is 31.3 Å². The summed E-state index contributed by atoms with van der Waals surface area (Å²) < 4.78 is 0. The Morgan fingerprint density at radius 3 is 1.48 bits per heavy atom. The summed E-state index contributed by atoms with van der Waals surface area (Å²) >= 11 is 0. The number of benzene rings is 2. The summed E-state index contributed by atoms with van der Waals surface area (Å²) in [5, 5.41) is 3.39. The van der Waals surface area contributed by atoms with E-state index in [0.717, 1.165) is 19.3 Å². The molecule has 1 heterocycles. The van der Waals surface area contributed by atoms with Crippen molar-refractivity contribution in [1.29, 1.82) is 0 Å². The van der Waals surface area contributed by atoms with Crippen molar-refractivity contribution in [3.8, 4) is 0 Å². The van der Waals surface area contributed by atoms with Crippen LogP contribution in [-0.2, 0) is 0 Å². The Balaban J connectivity index is 1.67. The second kappa shape index (κ2) is 5.54. The van der Waals surface area contributed by atoms with Crippen LogP contribution in [0.1, 0.15) is 40.0 Å². The van der Waals surface area contributed by atoms with Gasteiger partial charge in [0, 0.05) is 11.1 Å². The highest BCUT2D eigenvalue weighted by Crippen LogP contribution is 2.39. The highest BCUT2D eigenvalue weighted by Gasteiger charge is 2.49. The fourth-order valence-electron chi connectivity index (χ4n) is 3.68. The van der Waals surface area contributed by atoms with E-state index in [4.69, 9.17) is 0 Å². The first-order valence-electron chi connectivity index (χ1n) is 8.03. The van der Waals surface area contributed by atoms with Crippen LogP contribution in [0.4, 0.5) is 0 Å². The van der Waals surface area contributed by atoms with Crippen LogP contribution in [0.3, 0.4) is 0 Å². The Morgan fingerprint density at radius 1 is 0.696 bits per heavy atom. The molecular weight excluding hydrogens is 288 g/mol. The van der Waals surface area contributed by atoms with Gasteiger partial charge in [0.2, 0.25) is 0 Å². The summed E-state index contributed by atoms with van der Waals surface area (Å²) in [6, 6.07) is 18.7. The molecule has 0 unspecified atom stereocenters. The molecule has 2 atom stereocenters. The van der Waals surface area contributed by atoms with Gasteiger partial charge < -0.3 is 0 Å². The fourth-order valence-corrected chi connectivity index (χ4v) is 3.68. The first-order chi connectivity index (χ1) is 11.3. The number of rotatable bonds is 2. The molecule has 2 bridgehead atoms. The van der Waals surface area contributed by atoms with Crippen LogP contribution in [0.2, 0.25) is 0 Å². The van der Waals surface area contributed by atoms with E-state index in [9.17, 15) is 9.59 Å². The highest BCUT2D eigenvalue weighted by molar-refractivity contribution is 6.00. The standard InChI is InChI=1S/C19H18N2O2/c22-18(14-7-3-1-4-8-14)20-16-11-12-17(13-16)21(20)19(23)15-9-5-2-6-10-15/h1-10,16-17H,11-13H2/t16-,17-/m0/s1. The van der Waals surface area contributed by atoms with Gasteiger partial charge in [-0.25, -0.2) is 10.0 Å². The van der Waals surface area contributed by atoms with E-state index in [1.807, 2.05) is 36.4 Å². The second-order valence-electron chi connectivity index (χ2n) is 6.15. The second-order valence-corrected chi connectivity index (χ2v) is 6.15. The zero-order valence-corrected chi connectivity index (χ0v) is 12.8. The minimum atomic E-state index is -0.0814. The Morgan fingerprint density at radius 2 is 1.09 bits per heavy atom. The predicted molar refractivity (Wildman–Crippen MR) is 86.7 cm³/mol. The lowest BCUT2D eigenvalue weighted by atomic mass is 10.1. The van der Waals surface area contributed by atoms with Gasteiger partial charge in [0.05, 0.1) is 12.1 Å². The van der Waals surface area contributed by atoms with Gasteiger partial charge in [-0.3, -0.25) is 9.59 Å². The van der Waals surface area contributed by atoms with Crippen LogP contribution >= 0.6 is 0 Å².